The third-order valence-corrected chi connectivity index (χ3v) is 4.78. The molecule has 0 aromatic heterocycles. The second-order valence-corrected chi connectivity index (χ2v) is 7.57. The lowest BCUT2D eigenvalue weighted by atomic mass is 10.1. The zero-order valence-corrected chi connectivity index (χ0v) is 15.3. The van der Waals surface area contributed by atoms with E-state index in [1.807, 2.05) is 30.3 Å². The van der Waals surface area contributed by atoms with Gasteiger partial charge in [0.2, 0.25) is 5.91 Å². The molecule has 0 unspecified atom stereocenters. The average Bonchev–Trinajstić information content (AvgIpc) is 2.59. The lowest BCUT2D eigenvalue weighted by molar-refractivity contribution is -0.120. The minimum Gasteiger partial charge on any atom is -0.334 e. The Labute approximate surface area is 153 Å². The molecule has 1 heterocycles. The van der Waals surface area contributed by atoms with Crippen LogP contribution in [0.1, 0.15) is 24.8 Å². The monoisotopic (exact) mass is 383 g/mol. The van der Waals surface area contributed by atoms with Gasteiger partial charge in [0.05, 0.1) is 0 Å². The highest BCUT2D eigenvalue weighted by molar-refractivity contribution is 7.87. The van der Waals surface area contributed by atoms with Crippen LogP contribution in [0, 0.1) is 0 Å². The summed E-state index contributed by atoms with van der Waals surface area (Å²) in [6.07, 6.45) is 1.47. The lowest BCUT2D eigenvalue weighted by Crippen LogP contribution is -2.47. The van der Waals surface area contributed by atoms with Crippen molar-refractivity contribution in [1.82, 2.24) is 20.3 Å². The Morgan fingerprint density at radius 2 is 1.81 bits per heavy atom. The van der Waals surface area contributed by atoms with Crippen LogP contribution in [-0.2, 0) is 21.5 Å². The molecule has 26 heavy (non-hydrogen) atoms. The average molecular weight is 383 g/mol. The van der Waals surface area contributed by atoms with E-state index in [1.54, 1.807) is 0 Å². The summed E-state index contributed by atoms with van der Waals surface area (Å²) in [6.45, 7) is 2.20. The molecule has 1 aromatic rings. The molecule has 10 heteroatoms. The number of hydrogen-bond acceptors (Lipinski definition) is 5. The van der Waals surface area contributed by atoms with Gasteiger partial charge in [-0.3, -0.25) is 10.1 Å². The summed E-state index contributed by atoms with van der Waals surface area (Å²) in [5, 5.41) is 9.90. The van der Waals surface area contributed by atoms with Gasteiger partial charge in [-0.1, -0.05) is 30.3 Å². The highest BCUT2D eigenvalue weighted by atomic mass is 32.2. The van der Waals surface area contributed by atoms with Crippen molar-refractivity contribution in [2.24, 2.45) is 5.14 Å². The van der Waals surface area contributed by atoms with Gasteiger partial charge < -0.3 is 10.2 Å². The molecule has 0 spiro atoms. The molecule has 2 rings (SSSR count). The van der Waals surface area contributed by atoms with Gasteiger partial charge in [0.1, 0.15) is 0 Å². The van der Waals surface area contributed by atoms with Crippen LogP contribution in [0.2, 0.25) is 0 Å². The normalized spacial score (nSPS) is 16.2. The summed E-state index contributed by atoms with van der Waals surface area (Å²) < 4.78 is 24.4. The van der Waals surface area contributed by atoms with E-state index in [4.69, 9.17) is 5.14 Å². The zero-order chi connectivity index (χ0) is 19.0. The first-order chi connectivity index (χ1) is 12.3. The van der Waals surface area contributed by atoms with Gasteiger partial charge in [0, 0.05) is 25.6 Å². The molecule has 0 radical (unpaired) electrons. The maximum atomic E-state index is 11.9. The minimum absolute atomic E-state index is 0.168. The Morgan fingerprint density at radius 3 is 2.42 bits per heavy atom. The number of likely N-dealkylation sites (tertiary alicyclic amines) is 1. The van der Waals surface area contributed by atoms with Crippen LogP contribution in [-0.4, -0.2) is 50.9 Å². The third-order valence-electron chi connectivity index (χ3n) is 4.12. The number of imide groups is 1. The van der Waals surface area contributed by atoms with E-state index >= 15 is 0 Å². The first-order valence-corrected chi connectivity index (χ1v) is 10.0. The Morgan fingerprint density at radius 1 is 1.15 bits per heavy atom. The Kier molecular flexibility index (Phi) is 7.51. The van der Waals surface area contributed by atoms with Crippen LogP contribution < -0.4 is 20.5 Å². The number of carbonyl (C=O) groups excluding carboxylic acids is 2. The Balaban J connectivity index is 1.61. The van der Waals surface area contributed by atoms with Crippen molar-refractivity contribution in [3.8, 4) is 0 Å². The summed E-state index contributed by atoms with van der Waals surface area (Å²) in [6, 6.07) is 8.73. The van der Waals surface area contributed by atoms with Gasteiger partial charge in [-0.2, -0.15) is 13.1 Å². The molecule has 0 aliphatic carbocycles. The molecule has 0 saturated carbocycles. The largest absolute Gasteiger partial charge is 0.334 e. The fraction of sp³-hybridized carbons (Fsp3) is 0.500. The van der Waals surface area contributed by atoms with E-state index in [-0.39, 0.29) is 18.4 Å². The van der Waals surface area contributed by atoms with E-state index in [9.17, 15) is 18.0 Å². The Hall–Kier alpha value is -2.01. The minimum atomic E-state index is -3.68. The maximum absolute atomic E-state index is 11.9. The number of rotatable bonds is 7. The highest BCUT2D eigenvalue weighted by Gasteiger charge is 2.22. The topological polar surface area (TPSA) is 134 Å². The van der Waals surface area contributed by atoms with Crippen molar-refractivity contribution in [1.29, 1.82) is 0 Å². The molecule has 9 nitrogen and oxygen atoms in total. The number of nitrogens with zero attached hydrogens (tertiary/aromatic N) is 1. The Bertz CT molecular complexity index is 703. The maximum Gasteiger partial charge on any atom is 0.321 e. The molecule has 0 bridgehead atoms. The molecular weight excluding hydrogens is 358 g/mol. The standard InChI is InChI=1S/C16H25N5O4S/c17-26(24,25)20-14-6-9-21(10-7-14)11-8-15(22)19-16(23)18-12-13-4-2-1-3-5-13/h1-5,14,20H,6-12H2,(H2,17,24,25)(H2,18,19,22,23). The summed E-state index contributed by atoms with van der Waals surface area (Å²) >= 11 is 0. The van der Waals surface area contributed by atoms with Crippen LogP contribution in [0.3, 0.4) is 0 Å². The summed E-state index contributed by atoms with van der Waals surface area (Å²) in [5.74, 6) is -0.347. The number of benzene rings is 1. The molecule has 1 aromatic carbocycles. The van der Waals surface area contributed by atoms with Crippen molar-refractivity contribution >= 4 is 22.1 Å². The molecule has 1 fully saturated rings. The fourth-order valence-electron chi connectivity index (χ4n) is 2.78. The zero-order valence-electron chi connectivity index (χ0n) is 14.5. The molecule has 1 aliphatic rings. The van der Waals surface area contributed by atoms with Crippen molar-refractivity contribution < 1.29 is 18.0 Å². The van der Waals surface area contributed by atoms with E-state index < -0.39 is 16.2 Å². The molecule has 1 aliphatic heterocycles. The van der Waals surface area contributed by atoms with E-state index in [2.05, 4.69) is 20.3 Å². The van der Waals surface area contributed by atoms with Crippen molar-refractivity contribution in [3.63, 3.8) is 0 Å². The van der Waals surface area contributed by atoms with Crippen LogP contribution in [0.25, 0.3) is 0 Å². The van der Waals surface area contributed by atoms with Crippen LogP contribution >= 0.6 is 0 Å². The van der Waals surface area contributed by atoms with Crippen molar-refractivity contribution in [3.05, 3.63) is 35.9 Å². The lowest BCUT2D eigenvalue weighted by Gasteiger charge is -2.31. The van der Waals surface area contributed by atoms with Gasteiger partial charge in [-0.15, -0.1) is 0 Å². The highest BCUT2D eigenvalue weighted by Crippen LogP contribution is 2.11. The second-order valence-electron chi connectivity index (χ2n) is 6.25. The van der Waals surface area contributed by atoms with Crippen molar-refractivity contribution in [2.45, 2.75) is 31.8 Å². The summed E-state index contributed by atoms with van der Waals surface area (Å²) in [7, 11) is -3.68. The number of nitrogens with one attached hydrogen (secondary N) is 3. The molecule has 3 amide bonds. The first kappa shape index (κ1) is 20.3. The number of urea groups is 1. The van der Waals surface area contributed by atoms with E-state index in [0.717, 1.165) is 5.56 Å². The summed E-state index contributed by atoms with van der Waals surface area (Å²) in [5.41, 5.74) is 0.950. The quantitative estimate of drug-likeness (QED) is 0.511. The third kappa shape index (κ3) is 7.91. The van der Waals surface area contributed by atoms with Crippen LogP contribution in [0.5, 0.6) is 0 Å². The SMILES string of the molecule is NS(=O)(=O)NC1CCN(CCC(=O)NC(=O)NCc2ccccc2)CC1. The number of carbonyl (C=O) groups is 2. The number of hydrogen-bond donors (Lipinski definition) is 4. The fourth-order valence-corrected chi connectivity index (χ4v) is 3.48. The predicted molar refractivity (Wildman–Crippen MR) is 97.1 cm³/mol. The van der Waals surface area contributed by atoms with Crippen molar-refractivity contribution in [2.75, 3.05) is 19.6 Å². The van der Waals surface area contributed by atoms with E-state index in [1.165, 1.54) is 0 Å². The molecule has 5 N–H and O–H groups in total. The van der Waals surface area contributed by atoms with Crippen LogP contribution in [0.4, 0.5) is 4.79 Å². The molecular formula is C16H25N5O4S. The van der Waals surface area contributed by atoms with E-state index in [0.29, 0.717) is 39.0 Å². The number of piperidine rings is 1. The summed E-state index contributed by atoms with van der Waals surface area (Å²) in [4.78, 5) is 25.6. The number of amides is 3. The molecule has 144 valence electrons. The van der Waals surface area contributed by atoms with Gasteiger partial charge in [-0.25, -0.2) is 9.93 Å². The van der Waals surface area contributed by atoms with Crippen LogP contribution in [0.15, 0.2) is 30.3 Å². The first-order valence-electron chi connectivity index (χ1n) is 8.46. The second kappa shape index (κ2) is 9.62. The number of nitrogens with two attached hydrogens (primary N) is 1. The van der Waals surface area contributed by atoms with Gasteiger partial charge in [-0.05, 0) is 31.5 Å². The van der Waals surface area contributed by atoms with Gasteiger partial charge >= 0.3 is 6.03 Å². The van der Waals surface area contributed by atoms with Gasteiger partial charge in [0.15, 0.2) is 0 Å². The molecule has 1 saturated heterocycles. The smallest absolute Gasteiger partial charge is 0.321 e. The van der Waals surface area contributed by atoms with Gasteiger partial charge in [0.25, 0.3) is 10.2 Å². The molecule has 0 atom stereocenters. The predicted octanol–water partition coefficient (Wildman–Crippen LogP) is -0.340.